The molecule has 0 amide bonds. The smallest absolute Gasteiger partial charge is 0.0762 e. The lowest BCUT2D eigenvalue weighted by molar-refractivity contribution is 0.199. The molecule has 0 saturated carbocycles. The fourth-order valence-electron chi connectivity index (χ4n) is 1.52. The van der Waals surface area contributed by atoms with Crippen LogP contribution >= 0.6 is 0 Å². The molecule has 0 spiro atoms. The summed E-state index contributed by atoms with van der Waals surface area (Å²) in [6.45, 7) is 8.12. The van der Waals surface area contributed by atoms with E-state index in [0.717, 1.165) is 16.8 Å². The molecule has 1 aromatic carbocycles. The summed E-state index contributed by atoms with van der Waals surface area (Å²) in [5.74, 6) is 0. The molecule has 0 heterocycles. The Bertz CT molecular complexity index is 324. The molecule has 0 saturated heterocycles. The summed E-state index contributed by atoms with van der Waals surface area (Å²) in [5, 5.41) is 9.39. The van der Waals surface area contributed by atoms with Crippen LogP contribution in [-0.2, 0) is 5.41 Å². The van der Waals surface area contributed by atoms with E-state index < -0.39 is 6.10 Å². The van der Waals surface area contributed by atoms with Crippen LogP contribution in [0.15, 0.2) is 18.2 Å². The number of benzene rings is 1. The fraction of sp³-hybridized carbons (Fsp3) is 0.500. The average molecular weight is 193 g/mol. The number of anilines is 1. The van der Waals surface area contributed by atoms with Gasteiger partial charge in [0.2, 0.25) is 0 Å². The first-order valence-electron chi connectivity index (χ1n) is 4.90. The quantitative estimate of drug-likeness (QED) is 0.673. The van der Waals surface area contributed by atoms with Gasteiger partial charge in [-0.05, 0) is 29.5 Å². The zero-order valence-electron chi connectivity index (χ0n) is 9.33. The minimum absolute atomic E-state index is 0.0569. The van der Waals surface area contributed by atoms with Crippen LogP contribution in [0.2, 0.25) is 0 Å². The van der Waals surface area contributed by atoms with Crippen LogP contribution in [0.25, 0.3) is 0 Å². The van der Waals surface area contributed by atoms with Crippen LogP contribution in [0.4, 0.5) is 5.69 Å². The van der Waals surface area contributed by atoms with Gasteiger partial charge in [-0.3, -0.25) is 0 Å². The van der Waals surface area contributed by atoms with Crippen LogP contribution in [0, 0.1) is 0 Å². The van der Waals surface area contributed by atoms with Gasteiger partial charge in [0.1, 0.15) is 0 Å². The van der Waals surface area contributed by atoms with Crippen molar-refractivity contribution in [3.05, 3.63) is 29.3 Å². The highest BCUT2D eigenvalue weighted by atomic mass is 16.3. The van der Waals surface area contributed by atoms with Crippen molar-refractivity contribution in [3.63, 3.8) is 0 Å². The molecule has 2 nitrogen and oxygen atoms in total. The first-order chi connectivity index (χ1) is 6.32. The number of hydrogen-bond donors (Lipinski definition) is 2. The Balaban J connectivity index is 3.15. The summed E-state index contributed by atoms with van der Waals surface area (Å²) in [4.78, 5) is 0. The summed E-state index contributed by atoms with van der Waals surface area (Å²) < 4.78 is 0. The Morgan fingerprint density at radius 3 is 2.21 bits per heavy atom. The second-order valence-corrected chi connectivity index (χ2v) is 4.77. The molecule has 0 fully saturated rings. The van der Waals surface area contributed by atoms with Crippen molar-refractivity contribution in [1.82, 2.24) is 0 Å². The molecule has 0 aliphatic carbocycles. The zero-order valence-corrected chi connectivity index (χ0v) is 9.33. The highest BCUT2D eigenvalue weighted by Crippen LogP contribution is 2.29. The van der Waals surface area contributed by atoms with Crippen molar-refractivity contribution >= 4 is 5.69 Å². The maximum atomic E-state index is 9.39. The van der Waals surface area contributed by atoms with Gasteiger partial charge >= 0.3 is 0 Å². The molecule has 1 unspecified atom stereocenters. The van der Waals surface area contributed by atoms with E-state index in [2.05, 4.69) is 20.8 Å². The Morgan fingerprint density at radius 2 is 1.86 bits per heavy atom. The molecule has 0 radical (unpaired) electrons. The van der Waals surface area contributed by atoms with Gasteiger partial charge in [0.25, 0.3) is 0 Å². The van der Waals surface area contributed by atoms with E-state index in [-0.39, 0.29) is 5.41 Å². The van der Waals surface area contributed by atoms with Crippen LogP contribution in [-0.4, -0.2) is 5.11 Å². The maximum Gasteiger partial charge on any atom is 0.0762 e. The molecule has 1 atom stereocenters. The van der Waals surface area contributed by atoms with Crippen molar-refractivity contribution < 1.29 is 5.11 Å². The molecule has 0 bridgehead atoms. The molecule has 0 aliphatic rings. The van der Waals surface area contributed by atoms with E-state index in [1.54, 1.807) is 6.92 Å². The van der Waals surface area contributed by atoms with E-state index in [1.165, 1.54) is 0 Å². The topological polar surface area (TPSA) is 46.2 Å². The van der Waals surface area contributed by atoms with Crippen LogP contribution in [0.1, 0.15) is 44.9 Å². The molecule has 3 N–H and O–H groups in total. The van der Waals surface area contributed by atoms with Gasteiger partial charge in [-0.2, -0.15) is 0 Å². The molecule has 14 heavy (non-hydrogen) atoms. The number of aliphatic hydroxyl groups is 1. The number of rotatable bonds is 1. The van der Waals surface area contributed by atoms with E-state index in [1.807, 2.05) is 18.2 Å². The van der Waals surface area contributed by atoms with Gasteiger partial charge in [0, 0.05) is 5.69 Å². The lowest BCUT2D eigenvalue weighted by atomic mass is 9.85. The fourth-order valence-corrected chi connectivity index (χ4v) is 1.52. The molecule has 1 aromatic rings. The molecule has 1 rings (SSSR count). The summed E-state index contributed by atoms with van der Waals surface area (Å²) in [7, 11) is 0. The summed E-state index contributed by atoms with van der Waals surface area (Å²) in [6.07, 6.45) is -0.452. The van der Waals surface area contributed by atoms with Crippen LogP contribution in [0.3, 0.4) is 0 Å². The van der Waals surface area contributed by atoms with Gasteiger partial charge in [-0.25, -0.2) is 0 Å². The minimum Gasteiger partial charge on any atom is -0.398 e. The maximum absolute atomic E-state index is 9.39. The monoisotopic (exact) mass is 193 g/mol. The Kier molecular flexibility index (Phi) is 2.86. The highest BCUT2D eigenvalue weighted by molar-refractivity contribution is 5.52. The SMILES string of the molecule is CC(O)c1ccc(C(C)(C)C)c(N)c1. The highest BCUT2D eigenvalue weighted by Gasteiger charge is 2.17. The van der Waals surface area contributed by atoms with Gasteiger partial charge in [0.05, 0.1) is 6.10 Å². The number of hydrogen-bond acceptors (Lipinski definition) is 2. The van der Waals surface area contributed by atoms with Crippen molar-refractivity contribution in [2.75, 3.05) is 5.73 Å². The summed E-state index contributed by atoms with van der Waals surface area (Å²) in [5.41, 5.74) is 8.75. The number of nitrogen functional groups attached to an aromatic ring is 1. The van der Waals surface area contributed by atoms with Crippen molar-refractivity contribution in [2.24, 2.45) is 0 Å². The Hall–Kier alpha value is -1.02. The first-order valence-corrected chi connectivity index (χ1v) is 4.90. The lowest BCUT2D eigenvalue weighted by Crippen LogP contribution is -2.14. The van der Waals surface area contributed by atoms with E-state index in [0.29, 0.717) is 0 Å². The second kappa shape index (κ2) is 3.62. The van der Waals surface area contributed by atoms with Gasteiger partial charge < -0.3 is 10.8 Å². The largest absolute Gasteiger partial charge is 0.398 e. The molecule has 0 aliphatic heterocycles. The van der Waals surface area contributed by atoms with Crippen molar-refractivity contribution in [1.29, 1.82) is 0 Å². The van der Waals surface area contributed by atoms with Gasteiger partial charge in [0.15, 0.2) is 0 Å². The van der Waals surface area contributed by atoms with E-state index >= 15 is 0 Å². The van der Waals surface area contributed by atoms with Gasteiger partial charge in [-0.15, -0.1) is 0 Å². The third-order valence-corrected chi connectivity index (χ3v) is 2.37. The van der Waals surface area contributed by atoms with Crippen molar-refractivity contribution in [3.8, 4) is 0 Å². The minimum atomic E-state index is -0.452. The van der Waals surface area contributed by atoms with Crippen LogP contribution < -0.4 is 5.73 Å². The molecule has 0 aromatic heterocycles. The standard InChI is InChI=1S/C12H19NO/c1-8(14)9-5-6-10(11(13)7-9)12(2,3)4/h5-8,14H,13H2,1-4H3. The molecular weight excluding hydrogens is 174 g/mol. The summed E-state index contributed by atoms with van der Waals surface area (Å²) >= 11 is 0. The normalized spacial score (nSPS) is 14.1. The van der Waals surface area contributed by atoms with Crippen molar-refractivity contribution in [2.45, 2.75) is 39.2 Å². The van der Waals surface area contributed by atoms with Crippen LogP contribution in [0.5, 0.6) is 0 Å². The predicted molar refractivity (Wildman–Crippen MR) is 60.2 cm³/mol. The van der Waals surface area contributed by atoms with Gasteiger partial charge in [-0.1, -0.05) is 32.9 Å². The first kappa shape index (κ1) is 11.1. The Morgan fingerprint density at radius 1 is 1.29 bits per heavy atom. The lowest BCUT2D eigenvalue weighted by Gasteiger charge is -2.22. The Labute approximate surface area is 85.8 Å². The third kappa shape index (κ3) is 2.26. The predicted octanol–water partition coefficient (Wildman–Crippen LogP) is 2.62. The van der Waals surface area contributed by atoms with E-state index in [9.17, 15) is 5.11 Å². The number of nitrogens with two attached hydrogens (primary N) is 1. The second-order valence-electron chi connectivity index (χ2n) is 4.77. The molecule has 78 valence electrons. The molecule has 2 heteroatoms. The number of aliphatic hydroxyl groups excluding tert-OH is 1. The summed E-state index contributed by atoms with van der Waals surface area (Å²) in [6, 6.07) is 5.78. The average Bonchev–Trinajstić information content (AvgIpc) is 2.01. The molecular formula is C12H19NO. The van der Waals surface area contributed by atoms with E-state index in [4.69, 9.17) is 5.73 Å². The third-order valence-electron chi connectivity index (χ3n) is 2.37. The zero-order chi connectivity index (χ0) is 10.9.